The van der Waals surface area contributed by atoms with Gasteiger partial charge in [-0.2, -0.15) is 0 Å². The summed E-state index contributed by atoms with van der Waals surface area (Å²) in [6.07, 6.45) is 0.667. The van der Waals surface area contributed by atoms with Crippen molar-refractivity contribution in [1.29, 1.82) is 0 Å². The molecule has 2 N–H and O–H groups in total. The standard InChI is InChI=1S/C10H11N3O/c14-7-13-9-3-1-8(2-4-9)10-11-5-6-12-10/h1-4,7H,5-6H2,(H,11,12)(H,13,14). The van der Waals surface area contributed by atoms with Gasteiger partial charge >= 0.3 is 0 Å². The quantitative estimate of drug-likeness (QED) is 0.684. The summed E-state index contributed by atoms with van der Waals surface area (Å²) in [6.45, 7) is 1.74. The molecule has 0 fully saturated rings. The van der Waals surface area contributed by atoms with Crippen LogP contribution in [0.2, 0.25) is 0 Å². The number of benzene rings is 1. The lowest BCUT2D eigenvalue weighted by Crippen LogP contribution is -2.19. The van der Waals surface area contributed by atoms with Crippen molar-refractivity contribution in [2.45, 2.75) is 0 Å². The van der Waals surface area contributed by atoms with Crippen molar-refractivity contribution in [3.63, 3.8) is 0 Å². The first-order valence-corrected chi connectivity index (χ1v) is 4.49. The highest BCUT2D eigenvalue weighted by Crippen LogP contribution is 2.09. The Labute approximate surface area is 82.0 Å². The number of rotatable bonds is 3. The molecule has 0 radical (unpaired) electrons. The number of hydrogen-bond donors (Lipinski definition) is 2. The second-order valence-corrected chi connectivity index (χ2v) is 3.00. The van der Waals surface area contributed by atoms with Crippen molar-refractivity contribution in [3.8, 4) is 0 Å². The zero-order valence-electron chi connectivity index (χ0n) is 7.66. The second kappa shape index (κ2) is 3.91. The van der Waals surface area contributed by atoms with E-state index in [2.05, 4.69) is 15.6 Å². The van der Waals surface area contributed by atoms with Crippen LogP contribution in [0.3, 0.4) is 0 Å². The third-order valence-corrected chi connectivity index (χ3v) is 2.06. The number of anilines is 1. The predicted octanol–water partition coefficient (Wildman–Crippen LogP) is 0.605. The van der Waals surface area contributed by atoms with Crippen LogP contribution >= 0.6 is 0 Å². The summed E-state index contributed by atoms with van der Waals surface area (Å²) in [5.41, 5.74) is 1.85. The minimum atomic E-state index is 0.667. The molecule has 2 rings (SSSR count). The van der Waals surface area contributed by atoms with Crippen LogP contribution in [-0.2, 0) is 4.79 Å². The molecule has 0 bridgehead atoms. The van der Waals surface area contributed by atoms with Gasteiger partial charge in [-0.15, -0.1) is 0 Å². The van der Waals surface area contributed by atoms with Gasteiger partial charge in [0.2, 0.25) is 6.41 Å². The topological polar surface area (TPSA) is 53.5 Å². The molecule has 1 aliphatic heterocycles. The van der Waals surface area contributed by atoms with Crippen molar-refractivity contribution in [2.24, 2.45) is 4.99 Å². The molecule has 0 spiro atoms. The highest BCUT2D eigenvalue weighted by atomic mass is 16.1. The lowest BCUT2D eigenvalue weighted by Gasteiger charge is -2.03. The molecule has 0 aromatic heterocycles. The maximum atomic E-state index is 10.2. The molecule has 1 aliphatic rings. The number of nitrogens with one attached hydrogen (secondary N) is 2. The van der Waals surface area contributed by atoms with Crippen LogP contribution in [0.1, 0.15) is 5.56 Å². The molecular weight excluding hydrogens is 178 g/mol. The molecule has 1 heterocycles. The Balaban J connectivity index is 2.16. The summed E-state index contributed by atoms with van der Waals surface area (Å²) in [6, 6.07) is 7.57. The van der Waals surface area contributed by atoms with Gasteiger partial charge in [0.1, 0.15) is 5.84 Å². The Bertz CT molecular complexity index is 356. The number of aliphatic imine (C=N–C) groups is 1. The molecule has 0 saturated carbocycles. The van der Waals surface area contributed by atoms with Crippen molar-refractivity contribution >= 4 is 17.9 Å². The van der Waals surface area contributed by atoms with E-state index in [1.807, 2.05) is 24.3 Å². The Morgan fingerprint density at radius 3 is 2.71 bits per heavy atom. The molecule has 4 nitrogen and oxygen atoms in total. The normalized spacial score (nSPS) is 14.4. The van der Waals surface area contributed by atoms with Gasteiger partial charge in [-0.1, -0.05) is 0 Å². The first-order chi connectivity index (χ1) is 6.90. The molecule has 72 valence electrons. The minimum absolute atomic E-state index is 0.667. The SMILES string of the molecule is O=CNc1ccc(C2=NCCN2)cc1. The van der Waals surface area contributed by atoms with E-state index in [1.165, 1.54) is 0 Å². The van der Waals surface area contributed by atoms with Crippen LogP contribution in [0.5, 0.6) is 0 Å². The van der Waals surface area contributed by atoms with Crippen molar-refractivity contribution in [2.75, 3.05) is 18.4 Å². The van der Waals surface area contributed by atoms with Crippen molar-refractivity contribution < 1.29 is 4.79 Å². The van der Waals surface area contributed by atoms with Gasteiger partial charge in [0, 0.05) is 17.8 Å². The van der Waals surface area contributed by atoms with Crippen molar-refractivity contribution in [1.82, 2.24) is 5.32 Å². The minimum Gasteiger partial charge on any atom is -0.368 e. The van der Waals surface area contributed by atoms with E-state index in [1.54, 1.807) is 0 Å². The molecule has 0 aliphatic carbocycles. The zero-order valence-corrected chi connectivity index (χ0v) is 7.66. The Morgan fingerprint density at radius 2 is 2.14 bits per heavy atom. The molecule has 4 heteroatoms. The summed E-state index contributed by atoms with van der Waals surface area (Å²) in [4.78, 5) is 14.5. The fourth-order valence-corrected chi connectivity index (χ4v) is 1.38. The number of nitrogens with zero attached hydrogens (tertiary/aromatic N) is 1. The van der Waals surface area contributed by atoms with Gasteiger partial charge in [-0.3, -0.25) is 9.79 Å². The van der Waals surface area contributed by atoms with Gasteiger partial charge in [0.05, 0.1) is 6.54 Å². The Hall–Kier alpha value is -1.84. The molecule has 0 atom stereocenters. The number of amidine groups is 1. The van der Waals surface area contributed by atoms with Gasteiger partial charge in [0.15, 0.2) is 0 Å². The maximum absolute atomic E-state index is 10.2. The van der Waals surface area contributed by atoms with Crippen LogP contribution in [0.4, 0.5) is 5.69 Å². The first-order valence-electron chi connectivity index (χ1n) is 4.49. The number of hydrogen-bond acceptors (Lipinski definition) is 3. The number of carbonyl (C=O) groups excluding carboxylic acids is 1. The van der Waals surface area contributed by atoms with Crippen LogP contribution in [-0.4, -0.2) is 25.3 Å². The first kappa shape index (κ1) is 8.74. The summed E-state index contributed by atoms with van der Waals surface area (Å²) in [7, 11) is 0. The lowest BCUT2D eigenvalue weighted by atomic mass is 10.2. The van der Waals surface area contributed by atoms with E-state index in [4.69, 9.17) is 0 Å². The maximum Gasteiger partial charge on any atom is 0.211 e. The smallest absolute Gasteiger partial charge is 0.211 e. The number of carbonyl (C=O) groups is 1. The monoisotopic (exact) mass is 189 g/mol. The van der Waals surface area contributed by atoms with E-state index < -0.39 is 0 Å². The fourth-order valence-electron chi connectivity index (χ4n) is 1.38. The largest absolute Gasteiger partial charge is 0.368 e. The lowest BCUT2D eigenvalue weighted by molar-refractivity contribution is -0.105. The summed E-state index contributed by atoms with van der Waals surface area (Å²) < 4.78 is 0. The molecule has 1 aromatic rings. The van der Waals surface area contributed by atoms with E-state index in [0.717, 1.165) is 30.2 Å². The molecule has 0 unspecified atom stereocenters. The van der Waals surface area contributed by atoms with E-state index in [-0.39, 0.29) is 0 Å². The van der Waals surface area contributed by atoms with Crippen LogP contribution < -0.4 is 10.6 Å². The summed E-state index contributed by atoms with van der Waals surface area (Å²) >= 11 is 0. The van der Waals surface area contributed by atoms with E-state index >= 15 is 0 Å². The van der Waals surface area contributed by atoms with E-state index in [0.29, 0.717) is 6.41 Å². The average molecular weight is 189 g/mol. The Kier molecular flexibility index (Phi) is 2.44. The van der Waals surface area contributed by atoms with Gasteiger partial charge in [-0.05, 0) is 24.3 Å². The zero-order chi connectivity index (χ0) is 9.80. The van der Waals surface area contributed by atoms with Crippen LogP contribution in [0.15, 0.2) is 29.3 Å². The van der Waals surface area contributed by atoms with Gasteiger partial charge in [-0.25, -0.2) is 0 Å². The van der Waals surface area contributed by atoms with Crippen molar-refractivity contribution in [3.05, 3.63) is 29.8 Å². The molecule has 1 amide bonds. The highest BCUT2D eigenvalue weighted by Gasteiger charge is 2.06. The Morgan fingerprint density at radius 1 is 1.36 bits per heavy atom. The van der Waals surface area contributed by atoms with Gasteiger partial charge < -0.3 is 10.6 Å². The second-order valence-electron chi connectivity index (χ2n) is 3.00. The van der Waals surface area contributed by atoms with Crippen LogP contribution in [0, 0.1) is 0 Å². The molecule has 1 aromatic carbocycles. The number of amides is 1. The average Bonchev–Trinajstić information content (AvgIpc) is 2.72. The third-order valence-electron chi connectivity index (χ3n) is 2.06. The van der Waals surface area contributed by atoms with Crippen LogP contribution in [0.25, 0.3) is 0 Å². The molecular formula is C10H11N3O. The molecule has 14 heavy (non-hydrogen) atoms. The highest BCUT2D eigenvalue weighted by molar-refractivity contribution is 6.00. The third kappa shape index (κ3) is 1.74. The molecule has 0 saturated heterocycles. The fraction of sp³-hybridized carbons (Fsp3) is 0.200. The summed E-state index contributed by atoms with van der Waals surface area (Å²) in [5.74, 6) is 0.933. The van der Waals surface area contributed by atoms with E-state index in [9.17, 15) is 4.79 Å². The summed E-state index contributed by atoms with van der Waals surface area (Å²) in [5, 5.41) is 5.77. The van der Waals surface area contributed by atoms with Gasteiger partial charge in [0.25, 0.3) is 0 Å². The predicted molar refractivity (Wildman–Crippen MR) is 55.5 cm³/mol.